The first-order valence-electron chi connectivity index (χ1n) is 4.73. The van der Waals surface area contributed by atoms with E-state index in [9.17, 15) is 13.6 Å². The maximum atomic E-state index is 13.1. The maximum Gasteiger partial charge on any atom is 0.376 e. The van der Waals surface area contributed by atoms with Crippen LogP contribution in [0.4, 0.5) is 8.78 Å². The highest BCUT2D eigenvalue weighted by molar-refractivity contribution is 5.77. The number of halogens is 2. The molecule has 1 rings (SSSR count). The zero-order valence-corrected chi connectivity index (χ0v) is 8.19. The van der Waals surface area contributed by atoms with Gasteiger partial charge in [-0.2, -0.15) is 8.78 Å². The van der Waals surface area contributed by atoms with Gasteiger partial charge in [-0.15, -0.1) is 0 Å². The third kappa shape index (κ3) is 2.90. The van der Waals surface area contributed by atoms with Crippen molar-refractivity contribution in [3.8, 4) is 0 Å². The Morgan fingerprint density at radius 3 is 2.86 bits per heavy atom. The summed E-state index contributed by atoms with van der Waals surface area (Å²) in [4.78, 5) is 10.7. The highest BCUT2D eigenvalue weighted by Gasteiger charge is 2.42. The summed E-state index contributed by atoms with van der Waals surface area (Å²) in [6, 6.07) is 0. The largest absolute Gasteiger partial charge is 0.465 e. The normalized spacial score (nSPS) is 23.2. The van der Waals surface area contributed by atoms with E-state index in [0.29, 0.717) is 6.54 Å². The van der Waals surface area contributed by atoms with Gasteiger partial charge in [-0.25, -0.2) is 4.79 Å². The molecular formula is C9H15F2NO2. The second kappa shape index (κ2) is 4.68. The first-order valence-corrected chi connectivity index (χ1v) is 4.73. The summed E-state index contributed by atoms with van der Waals surface area (Å²) < 4.78 is 30.2. The molecule has 1 N–H and O–H groups in total. The average molecular weight is 207 g/mol. The van der Waals surface area contributed by atoms with Crippen molar-refractivity contribution in [2.24, 2.45) is 5.92 Å². The summed E-state index contributed by atoms with van der Waals surface area (Å²) in [5.41, 5.74) is 0. The summed E-state index contributed by atoms with van der Waals surface area (Å²) >= 11 is 0. The minimum atomic E-state index is -3.33. The third-order valence-electron chi connectivity index (χ3n) is 2.43. The number of hydrogen-bond donors (Lipinski definition) is 1. The number of ether oxygens (including phenoxy) is 1. The molecule has 0 aliphatic carbocycles. The number of rotatable bonds is 3. The summed E-state index contributed by atoms with van der Waals surface area (Å²) in [5.74, 6) is -4.89. The van der Waals surface area contributed by atoms with Gasteiger partial charge >= 0.3 is 11.9 Å². The van der Waals surface area contributed by atoms with E-state index in [1.54, 1.807) is 0 Å². The van der Waals surface area contributed by atoms with Crippen LogP contribution in [0.3, 0.4) is 0 Å². The Kier molecular flexibility index (Phi) is 3.80. The number of carbonyl (C=O) groups excluding carboxylic acids is 1. The van der Waals surface area contributed by atoms with Crippen molar-refractivity contribution >= 4 is 5.97 Å². The highest BCUT2D eigenvalue weighted by Crippen LogP contribution is 2.28. The lowest BCUT2D eigenvalue weighted by molar-refractivity contribution is -0.171. The first kappa shape index (κ1) is 11.4. The second-order valence-electron chi connectivity index (χ2n) is 3.61. The van der Waals surface area contributed by atoms with Crippen LogP contribution in [0.15, 0.2) is 0 Å². The minimum absolute atomic E-state index is 0.127. The van der Waals surface area contributed by atoms with Crippen LogP contribution in [0, 0.1) is 5.92 Å². The second-order valence-corrected chi connectivity index (χ2v) is 3.61. The van der Waals surface area contributed by atoms with E-state index in [-0.39, 0.29) is 5.92 Å². The molecule has 1 unspecified atom stereocenters. The number of alkyl halides is 2. The number of hydrogen-bond acceptors (Lipinski definition) is 3. The molecule has 0 aromatic carbocycles. The van der Waals surface area contributed by atoms with E-state index in [4.69, 9.17) is 0 Å². The molecule has 0 aromatic rings. The molecule has 14 heavy (non-hydrogen) atoms. The van der Waals surface area contributed by atoms with E-state index < -0.39 is 18.3 Å². The molecule has 5 heteroatoms. The van der Waals surface area contributed by atoms with Crippen LogP contribution >= 0.6 is 0 Å². The van der Waals surface area contributed by atoms with Crippen molar-refractivity contribution in [3.05, 3.63) is 0 Å². The molecular weight excluding hydrogens is 192 g/mol. The molecule has 1 saturated heterocycles. The molecule has 0 aromatic heterocycles. The molecule has 82 valence electrons. The molecule has 1 aliphatic heterocycles. The molecule has 0 bridgehead atoms. The average Bonchev–Trinajstić information content (AvgIpc) is 2.17. The Bertz CT molecular complexity index is 203. The van der Waals surface area contributed by atoms with E-state index >= 15 is 0 Å². The number of carbonyl (C=O) groups is 1. The fourth-order valence-electron chi connectivity index (χ4n) is 1.69. The van der Waals surface area contributed by atoms with Gasteiger partial charge in [0.05, 0.1) is 7.11 Å². The summed E-state index contributed by atoms with van der Waals surface area (Å²) in [7, 11) is 0.982. The van der Waals surface area contributed by atoms with E-state index in [2.05, 4.69) is 10.1 Å². The Balaban J connectivity index is 2.44. The van der Waals surface area contributed by atoms with Crippen molar-refractivity contribution in [2.45, 2.75) is 25.2 Å². The van der Waals surface area contributed by atoms with E-state index in [1.165, 1.54) is 0 Å². The summed E-state index contributed by atoms with van der Waals surface area (Å²) in [6.07, 6.45) is 1.23. The third-order valence-corrected chi connectivity index (χ3v) is 2.43. The van der Waals surface area contributed by atoms with Gasteiger partial charge in [0.2, 0.25) is 0 Å². The minimum Gasteiger partial charge on any atom is -0.465 e. The molecule has 0 saturated carbocycles. The fraction of sp³-hybridized carbons (Fsp3) is 0.889. The summed E-state index contributed by atoms with van der Waals surface area (Å²) in [5, 5.41) is 3.03. The molecule has 1 heterocycles. The standard InChI is InChI=1S/C9H15F2NO2/c1-14-8(13)9(10,11)5-7-3-2-4-12-6-7/h7,12H,2-6H2,1H3. The van der Waals surface area contributed by atoms with Crippen molar-refractivity contribution < 1.29 is 18.3 Å². The zero-order valence-electron chi connectivity index (χ0n) is 8.19. The number of piperidine rings is 1. The van der Waals surface area contributed by atoms with Crippen LogP contribution in [-0.2, 0) is 9.53 Å². The van der Waals surface area contributed by atoms with Gasteiger partial charge in [-0.05, 0) is 31.8 Å². The van der Waals surface area contributed by atoms with Crippen molar-refractivity contribution in [1.82, 2.24) is 5.32 Å². The number of nitrogens with one attached hydrogen (secondary N) is 1. The quantitative estimate of drug-likeness (QED) is 0.706. The van der Waals surface area contributed by atoms with Crippen LogP contribution in [0.2, 0.25) is 0 Å². The van der Waals surface area contributed by atoms with Crippen LogP contribution < -0.4 is 5.32 Å². The smallest absolute Gasteiger partial charge is 0.376 e. The molecule has 0 radical (unpaired) electrons. The predicted octanol–water partition coefficient (Wildman–Crippen LogP) is 1.18. The first-order chi connectivity index (χ1) is 6.56. The van der Waals surface area contributed by atoms with Gasteiger partial charge in [-0.3, -0.25) is 0 Å². The van der Waals surface area contributed by atoms with Gasteiger partial charge in [0.1, 0.15) is 0 Å². The lowest BCUT2D eigenvalue weighted by Gasteiger charge is -2.25. The van der Waals surface area contributed by atoms with Gasteiger partial charge in [-0.1, -0.05) is 0 Å². The van der Waals surface area contributed by atoms with Crippen LogP contribution in [0.1, 0.15) is 19.3 Å². The van der Waals surface area contributed by atoms with Crippen LogP contribution in [-0.4, -0.2) is 32.1 Å². The van der Waals surface area contributed by atoms with Crippen molar-refractivity contribution in [3.63, 3.8) is 0 Å². The highest BCUT2D eigenvalue weighted by atomic mass is 19.3. The van der Waals surface area contributed by atoms with Gasteiger partial charge in [0.15, 0.2) is 0 Å². The van der Waals surface area contributed by atoms with Crippen molar-refractivity contribution in [1.29, 1.82) is 0 Å². The summed E-state index contributed by atoms with van der Waals surface area (Å²) in [6.45, 7) is 1.44. The van der Waals surface area contributed by atoms with E-state index in [0.717, 1.165) is 26.5 Å². The van der Waals surface area contributed by atoms with Gasteiger partial charge < -0.3 is 10.1 Å². The molecule has 0 amide bonds. The number of esters is 1. The SMILES string of the molecule is COC(=O)C(F)(F)CC1CCCNC1. The molecule has 1 atom stereocenters. The van der Waals surface area contributed by atoms with Crippen LogP contribution in [0.5, 0.6) is 0 Å². The maximum absolute atomic E-state index is 13.1. The lowest BCUT2D eigenvalue weighted by atomic mass is 9.93. The van der Waals surface area contributed by atoms with Crippen LogP contribution in [0.25, 0.3) is 0 Å². The van der Waals surface area contributed by atoms with Crippen molar-refractivity contribution in [2.75, 3.05) is 20.2 Å². The molecule has 0 spiro atoms. The Morgan fingerprint density at radius 2 is 2.36 bits per heavy atom. The fourth-order valence-corrected chi connectivity index (χ4v) is 1.69. The molecule has 1 fully saturated rings. The van der Waals surface area contributed by atoms with Gasteiger partial charge in [0, 0.05) is 6.42 Å². The van der Waals surface area contributed by atoms with E-state index in [1.807, 2.05) is 0 Å². The lowest BCUT2D eigenvalue weighted by Crippen LogP contribution is -2.38. The topological polar surface area (TPSA) is 38.3 Å². The monoisotopic (exact) mass is 207 g/mol. The Hall–Kier alpha value is -0.710. The Labute approximate surface area is 81.8 Å². The molecule has 1 aliphatic rings. The van der Waals surface area contributed by atoms with Gasteiger partial charge in [0.25, 0.3) is 0 Å². The number of methoxy groups -OCH3 is 1. The predicted molar refractivity (Wildman–Crippen MR) is 47.2 cm³/mol. The zero-order chi connectivity index (χ0) is 10.6. The Morgan fingerprint density at radius 1 is 1.64 bits per heavy atom. The molecule has 3 nitrogen and oxygen atoms in total.